The van der Waals surface area contributed by atoms with Crippen LogP contribution < -0.4 is 9.64 Å². The third kappa shape index (κ3) is 4.25. The lowest BCUT2D eigenvalue weighted by Gasteiger charge is -2.22. The van der Waals surface area contributed by atoms with Crippen LogP contribution in [0.3, 0.4) is 0 Å². The van der Waals surface area contributed by atoms with Crippen LogP contribution in [0.15, 0.2) is 77.7 Å². The number of thioether (sulfide) groups is 1. The number of nitrogens with zero attached hydrogens (tertiary/aromatic N) is 3. The van der Waals surface area contributed by atoms with E-state index in [1.54, 1.807) is 12.1 Å². The number of anilines is 1. The van der Waals surface area contributed by atoms with E-state index < -0.39 is 0 Å². The van der Waals surface area contributed by atoms with Gasteiger partial charge in [-0.15, -0.1) is 11.8 Å². The molecule has 0 radical (unpaired) electrons. The molecule has 0 N–H and O–H groups in total. The van der Waals surface area contributed by atoms with Crippen LogP contribution >= 0.6 is 11.8 Å². The Labute approximate surface area is 185 Å². The molecule has 1 aliphatic rings. The molecule has 0 atom stereocenters. The van der Waals surface area contributed by atoms with Crippen LogP contribution in [0.25, 0.3) is 10.9 Å². The standard InChI is InChI=1S/C25H21N3O2S/c29-16-19-10-11-22-21(14-19)24(30-17-18-6-2-1-3-7-18)27-25(26-22)28-12-13-31-23-9-5-4-8-20(23)15-28/h1-11,14,16H,12-13,15,17H2. The topological polar surface area (TPSA) is 55.3 Å². The van der Waals surface area contributed by atoms with Crippen LogP contribution in [0.2, 0.25) is 0 Å². The molecule has 1 aliphatic heterocycles. The molecule has 6 heteroatoms. The third-order valence-electron chi connectivity index (χ3n) is 5.26. The molecule has 4 aromatic rings. The molecule has 3 aromatic carbocycles. The van der Waals surface area contributed by atoms with E-state index in [2.05, 4.69) is 29.2 Å². The molecule has 0 saturated carbocycles. The van der Waals surface area contributed by atoms with Gasteiger partial charge < -0.3 is 9.64 Å². The number of fused-ring (bicyclic) bond motifs is 2. The molecule has 5 rings (SSSR count). The second-order valence-corrected chi connectivity index (χ2v) is 8.51. The summed E-state index contributed by atoms with van der Waals surface area (Å²) in [5.74, 6) is 2.10. The first-order chi connectivity index (χ1) is 15.3. The predicted octanol–water partition coefficient (Wildman–Crippen LogP) is 5.13. The molecule has 154 valence electrons. The number of carbonyl (C=O) groups is 1. The predicted molar refractivity (Wildman–Crippen MR) is 124 cm³/mol. The highest BCUT2D eigenvalue weighted by Crippen LogP contribution is 2.31. The molecule has 2 heterocycles. The summed E-state index contributed by atoms with van der Waals surface area (Å²) in [5, 5.41) is 0.744. The molecule has 1 aromatic heterocycles. The number of benzene rings is 3. The number of hydrogen-bond acceptors (Lipinski definition) is 6. The number of aldehydes is 1. The Balaban J connectivity index is 1.53. The van der Waals surface area contributed by atoms with Gasteiger partial charge in [-0.2, -0.15) is 4.98 Å². The Bertz CT molecular complexity index is 1230. The van der Waals surface area contributed by atoms with E-state index in [1.165, 1.54) is 10.5 Å². The van der Waals surface area contributed by atoms with E-state index in [1.807, 2.05) is 48.2 Å². The van der Waals surface area contributed by atoms with Crippen molar-refractivity contribution in [3.63, 3.8) is 0 Å². The maximum atomic E-state index is 11.3. The van der Waals surface area contributed by atoms with Crippen molar-refractivity contribution in [2.24, 2.45) is 0 Å². The second-order valence-electron chi connectivity index (χ2n) is 7.38. The van der Waals surface area contributed by atoms with Crippen molar-refractivity contribution in [3.05, 3.63) is 89.5 Å². The largest absolute Gasteiger partial charge is 0.472 e. The Kier molecular flexibility index (Phi) is 5.54. The fourth-order valence-electron chi connectivity index (χ4n) is 3.65. The summed E-state index contributed by atoms with van der Waals surface area (Å²) in [6, 6.07) is 23.9. The maximum absolute atomic E-state index is 11.3. The minimum atomic E-state index is 0.399. The van der Waals surface area contributed by atoms with Crippen LogP contribution in [-0.4, -0.2) is 28.6 Å². The van der Waals surface area contributed by atoms with Gasteiger partial charge >= 0.3 is 0 Å². The van der Waals surface area contributed by atoms with E-state index in [-0.39, 0.29) is 0 Å². The van der Waals surface area contributed by atoms with Gasteiger partial charge in [-0.05, 0) is 35.4 Å². The lowest BCUT2D eigenvalue weighted by Crippen LogP contribution is -2.26. The number of aromatic nitrogens is 2. The van der Waals surface area contributed by atoms with Crippen molar-refractivity contribution in [2.45, 2.75) is 18.0 Å². The monoisotopic (exact) mass is 427 g/mol. The van der Waals surface area contributed by atoms with Crippen molar-refractivity contribution in [2.75, 3.05) is 17.2 Å². The van der Waals surface area contributed by atoms with Gasteiger partial charge in [-0.1, -0.05) is 48.5 Å². The molecular weight excluding hydrogens is 406 g/mol. The molecule has 0 aliphatic carbocycles. The zero-order chi connectivity index (χ0) is 21.0. The second kappa shape index (κ2) is 8.78. The van der Waals surface area contributed by atoms with Gasteiger partial charge in [0, 0.05) is 29.3 Å². The average Bonchev–Trinajstić information content (AvgIpc) is 3.05. The lowest BCUT2D eigenvalue weighted by molar-refractivity contribution is 0.112. The van der Waals surface area contributed by atoms with Gasteiger partial charge in [0.25, 0.3) is 0 Å². The molecule has 5 nitrogen and oxygen atoms in total. The highest BCUT2D eigenvalue weighted by molar-refractivity contribution is 7.99. The van der Waals surface area contributed by atoms with Crippen LogP contribution in [0.1, 0.15) is 21.5 Å². The van der Waals surface area contributed by atoms with Crippen LogP contribution in [0, 0.1) is 0 Å². The van der Waals surface area contributed by atoms with Gasteiger partial charge in [-0.25, -0.2) is 4.98 Å². The van der Waals surface area contributed by atoms with Crippen molar-refractivity contribution in [3.8, 4) is 5.88 Å². The molecule has 0 amide bonds. The summed E-state index contributed by atoms with van der Waals surface area (Å²) in [7, 11) is 0. The summed E-state index contributed by atoms with van der Waals surface area (Å²) in [6.45, 7) is 1.99. The van der Waals surface area contributed by atoms with Gasteiger partial charge in [0.15, 0.2) is 0 Å². The summed E-state index contributed by atoms with van der Waals surface area (Å²) in [6.07, 6.45) is 0.831. The molecule has 0 bridgehead atoms. The van der Waals surface area contributed by atoms with E-state index in [4.69, 9.17) is 14.7 Å². The zero-order valence-corrected chi connectivity index (χ0v) is 17.7. The molecule has 0 fully saturated rings. The van der Waals surface area contributed by atoms with Gasteiger partial charge in [0.05, 0.1) is 10.9 Å². The first kappa shape index (κ1) is 19.6. The van der Waals surface area contributed by atoms with Crippen molar-refractivity contribution in [1.29, 1.82) is 0 Å². The first-order valence-corrected chi connectivity index (χ1v) is 11.2. The smallest absolute Gasteiger partial charge is 0.229 e. The molecule has 0 spiro atoms. The summed E-state index contributed by atoms with van der Waals surface area (Å²) in [4.78, 5) is 24.4. The minimum absolute atomic E-state index is 0.399. The number of rotatable bonds is 5. The Hall–Kier alpha value is -3.38. The third-order valence-corrected chi connectivity index (χ3v) is 6.36. The normalized spacial score (nSPS) is 13.5. The summed E-state index contributed by atoms with van der Waals surface area (Å²) < 4.78 is 6.14. The van der Waals surface area contributed by atoms with E-state index in [0.717, 1.165) is 41.6 Å². The fourth-order valence-corrected chi connectivity index (χ4v) is 4.68. The van der Waals surface area contributed by atoms with E-state index >= 15 is 0 Å². The molecule has 31 heavy (non-hydrogen) atoms. The van der Waals surface area contributed by atoms with Crippen LogP contribution in [0.5, 0.6) is 5.88 Å². The Morgan fingerprint density at radius 2 is 1.84 bits per heavy atom. The lowest BCUT2D eigenvalue weighted by atomic mass is 10.1. The quantitative estimate of drug-likeness (QED) is 0.412. The average molecular weight is 428 g/mol. The number of ether oxygens (including phenoxy) is 1. The number of hydrogen-bond donors (Lipinski definition) is 0. The molecular formula is C25H21N3O2S. The SMILES string of the molecule is O=Cc1ccc2nc(N3CCSc4ccccc4C3)nc(OCc3ccccc3)c2c1. The zero-order valence-electron chi connectivity index (χ0n) is 16.9. The van der Waals surface area contributed by atoms with Crippen molar-refractivity contribution >= 4 is 34.9 Å². The van der Waals surface area contributed by atoms with E-state index in [0.29, 0.717) is 24.0 Å². The van der Waals surface area contributed by atoms with Gasteiger partial charge in [0.2, 0.25) is 11.8 Å². The Morgan fingerprint density at radius 1 is 1.00 bits per heavy atom. The van der Waals surface area contributed by atoms with E-state index in [9.17, 15) is 4.79 Å². The van der Waals surface area contributed by atoms with Gasteiger partial charge in [0.1, 0.15) is 12.9 Å². The maximum Gasteiger partial charge on any atom is 0.229 e. The molecule has 0 saturated heterocycles. The first-order valence-electron chi connectivity index (χ1n) is 10.2. The molecule has 0 unspecified atom stereocenters. The van der Waals surface area contributed by atoms with Crippen molar-refractivity contribution < 1.29 is 9.53 Å². The van der Waals surface area contributed by atoms with Crippen LogP contribution in [0.4, 0.5) is 5.95 Å². The van der Waals surface area contributed by atoms with Crippen LogP contribution in [-0.2, 0) is 13.2 Å². The van der Waals surface area contributed by atoms with Crippen molar-refractivity contribution in [1.82, 2.24) is 9.97 Å². The number of carbonyl (C=O) groups excluding carboxylic acids is 1. The minimum Gasteiger partial charge on any atom is -0.472 e. The summed E-state index contributed by atoms with van der Waals surface area (Å²) in [5.41, 5.74) is 3.68. The Morgan fingerprint density at radius 3 is 2.71 bits per heavy atom. The van der Waals surface area contributed by atoms with Gasteiger partial charge in [-0.3, -0.25) is 4.79 Å². The fraction of sp³-hybridized carbons (Fsp3) is 0.160. The highest BCUT2D eigenvalue weighted by Gasteiger charge is 2.19. The summed E-state index contributed by atoms with van der Waals surface area (Å²) >= 11 is 1.86. The highest BCUT2D eigenvalue weighted by atomic mass is 32.2.